The van der Waals surface area contributed by atoms with Gasteiger partial charge in [0.25, 0.3) is 0 Å². The minimum Gasteiger partial charge on any atom is -0.330 e. The first-order chi connectivity index (χ1) is 4.31. The van der Waals surface area contributed by atoms with Crippen molar-refractivity contribution in [1.82, 2.24) is 0 Å². The Labute approximate surface area is 81.9 Å². The van der Waals surface area contributed by atoms with E-state index in [2.05, 4.69) is 6.92 Å². The zero-order chi connectivity index (χ0) is 7.11. The zero-order valence-corrected chi connectivity index (χ0v) is 8.72. The monoisotopic (exact) mass is 202 g/mol. The van der Waals surface area contributed by atoms with Crippen LogP contribution in [0.1, 0.15) is 32.6 Å². The Morgan fingerprint density at radius 3 is 2.09 bits per heavy atom. The molecule has 0 saturated heterocycles. The van der Waals surface area contributed by atoms with Gasteiger partial charge >= 0.3 is 0 Å². The number of hydrogen-bond acceptors (Lipinski definition) is 2. The molecule has 2 nitrogen and oxygen atoms in total. The lowest BCUT2D eigenvalue weighted by Gasteiger charge is -2.07. The lowest BCUT2D eigenvalue weighted by atomic mass is 10.1. The maximum atomic E-state index is 5.71. The van der Waals surface area contributed by atoms with Gasteiger partial charge in [-0.25, -0.2) is 0 Å². The summed E-state index contributed by atoms with van der Waals surface area (Å²) in [5.41, 5.74) is 11.0. The van der Waals surface area contributed by atoms with Crippen molar-refractivity contribution in [3.63, 3.8) is 0 Å². The maximum absolute atomic E-state index is 5.71. The standard InChI is InChI=1S/C7H18N2.2ClH/c1-2-4-7(9)5-3-6-8;;/h7H,2-6,8-9H2,1H3;2*1H. The topological polar surface area (TPSA) is 52.0 Å². The van der Waals surface area contributed by atoms with Gasteiger partial charge in [0.15, 0.2) is 0 Å². The van der Waals surface area contributed by atoms with Crippen LogP contribution >= 0.6 is 24.8 Å². The van der Waals surface area contributed by atoms with Crippen molar-refractivity contribution in [2.24, 2.45) is 11.5 Å². The van der Waals surface area contributed by atoms with Crippen molar-refractivity contribution >= 4 is 24.8 Å². The SMILES string of the molecule is CCCC(N)CCCN.Cl.Cl. The molecule has 0 fully saturated rings. The third kappa shape index (κ3) is 13.5. The molecule has 0 aromatic carbocycles. The Kier molecular flexibility index (Phi) is 20.9. The molecule has 0 aromatic heterocycles. The molecule has 1 unspecified atom stereocenters. The smallest absolute Gasteiger partial charge is 0.00391 e. The molecule has 0 aliphatic heterocycles. The van der Waals surface area contributed by atoms with Gasteiger partial charge in [-0.3, -0.25) is 0 Å². The average Bonchev–Trinajstić information content (AvgIpc) is 1.85. The molecule has 4 heteroatoms. The Balaban J connectivity index is -0.000000320. The second kappa shape index (κ2) is 13.1. The summed E-state index contributed by atoms with van der Waals surface area (Å²) in [6.07, 6.45) is 4.48. The third-order valence-corrected chi connectivity index (χ3v) is 1.44. The molecule has 0 aliphatic rings. The van der Waals surface area contributed by atoms with Gasteiger partial charge in [-0.15, -0.1) is 24.8 Å². The summed E-state index contributed by atoms with van der Waals surface area (Å²) >= 11 is 0. The van der Waals surface area contributed by atoms with Gasteiger partial charge in [0.05, 0.1) is 0 Å². The van der Waals surface area contributed by atoms with Gasteiger partial charge in [-0.1, -0.05) is 13.3 Å². The van der Waals surface area contributed by atoms with Crippen molar-refractivity contribution < 1.29 is 0 Å². The van der Waals surface area contributed by atoms with E-state index in [0.717, 1.165) is 25.8 Å². The molecular weight excluding hydrogens is 183 g/mol. The van der Waals surface area contributed by atoms with Crippen molar-refractivity contribution in [2.75, 3.05) is 6.54 Å². The lowest BCUT2D eigenvalue weighted by molar-refractivity contribution is 0.543. The Morgan fingerprint density at radius 2 is 1.73 bits per heavy atom. The first-order valence-corrected chi connectivity index (χ1v) is 3.77. The van der Waals surface area contributed by atoms with E-state index in [4.69, 9.17) is 11.5 Å². The molecule has 0 amide bonds. The van der Waals surface area contributed by atoms with Crippen LogP contribution in [0, 0.1) is 0 Å². The van der Waals surface area contributed by atoms with Crippen LogP contribution in [0.3, 0.4) is 0 Å². The van der Waals surface area contributed by atoms with Crippen LogP contribution in [-0.2, 0) is 0 Å². The molecular formula is C7H20Cl2N2. The summed E-state index contributed by atoms with van der Waals surface area (Å²) < 4.78 is 0. The summed E-state index contributed by atoms with van der Waals surface area (Å²) in [6.45, 7) is 2.93. The van der Waals surface area contributed by atoms with E-state index in [9.17, 15) is 0 Å². The van der Waals surface area contributed by atoms with E-state index in [0.29, 0.717) is 6.04 Å². The quantitative estimate of drug-likeness (QED) is 0.714. The molecule has 0 bridgehead atoms. The van der Waals surface area contributed by atoms with Crippen LogP contribution in [0.25, 0.3) is 0 Å². The van der Waals surface area contributed by atoms with Crippen molar-refractivity contribution in [2.45, 2.75) is 38.6 Å². The predicted molar refractivity (Wildman–Crippen MR) is 55.7 cm³/mol. The average molecular weight is 203 g/mol. The van der Waals surface area contributed by atoms with Crippen molar-refractivity contribution in [3.8, 4) is 0 Å². The molecule has 0 aliphatic carbocycles. The summed E-state index contributed by atoms with van der Waals surface area (Å²) in [5.74, 6) is 0. The summed E-state index contributed by atoms with van der Waals surface area (Å²) in [7, 11) is 0. The fourth-order valence-corrected chi connectivity index (χ4v) is 0.895. The number of rotatable bonds is 5. The number of hydrogen-bond donors (Lipinski definition) is 2. The molecule has 0 heterocycles. The van der Waals surface area contributed by atoms with Crippen LogP contribution in [0.5, 0.6) is 0 Å². The summed E-state index contributed by atoms with van der Waals surface area (Å²) in [4.78, 5) is 0. The molecule has 0 spiro atoms. The van der Waals surface area contributed by atoms with Gasteiger partial charge in [0.1, 0.15) is 0 Å². The van der Waals surface area contributed by atoms with Gasteiger partial charge < -0.3 is 11.5 Å². The fraction of sp³-hybridized carbons (Fsp3) is 1.00. The van der Waals surface area contributed by atoms with E-state index < -0.39 is 0 Å². The third-order valence-electron chi connectivity index (χ3n) is 1.44. The highest BCUT2D eigenvalue weighted by molar-refractivity contribution is 5.85. The van der Waals surface area contributed by atoms with Gasteiger partial charge in [0, 0.05) is 6.04 Å². The van der Waals surface area contributed by atoms with E-state index in [-0.39, 0.29) is 24.8 Å². The van der Waals surface area contributed by atoms with Crippen LogP contribution < -0.4 is 11.5 Å². The highest BCUT2D eigenvalue weighted by atomic mass is 35.5. The molecule has 0 radical (unpaired) electrons. The Bertz CT molecular complexity index is 62.4. The van der Waals surface area contributed by atoms with Crippen molar-refractivity contribution in [3.05, 3.63) is 0 Å². The first kappa shape index (κ1) is 17.5. The highest BCUT2D eigenvalue weighted by Crippen LogP contribution is 1.99. The van der Waals surface area contributed by atoms with Crippen LogP contribution in [-0.4, -0.2) is 12.6 Å². The second-order valence-electron chi connectivity index (χ2n) is 2.48. The van der Waals surface area contributed by atoms with Gasteiger partial charge in [0.2, 0.25) is 0 Å². The normalized spacial score (nSPS) is 11.2. The fourth-order valence-electron chi connectivity index (χ4n) is 0.895. The van der Waals surface area contributed by atoms with Crippen LogP contribution in [0.15, 0.2) is 0 Å². The lowest BCUT2D eigenvalue weighted by Crippen LogP contribution is -2.20. The van der Waals surface area contributed by atoms with Crippen LogP contribution in [0.2, 0.25) is 0 Å². The van der Waals surface area contributed by atoms with Crippen molar-refractivity contribution in [1.29, 1.82) is 0 Å². The van der Waals surface area contributed by atoms with E-state index in [1.807, 2.05) is 0 Å². The van der Waals surface area contributed by atoms with Gasteiger partial charge in [-0.05, 0) is 25.8 Å². The van der Waals surface area contributed by atoms with E-state index in [1.54, 1.807) is 0 Å². The molecule has 0 rings (SSSR count). The summed E-state index contributed by atoms with van der Waals surface area (Å²) in [6, 6.07) is 0.388. The minimum atomic E-state index is 0. The van der Waals surface area contributed by atoms with Crippen LogP contribution in [0.4, 0.5) is 0 Å². The Morgan fingerprint density at radius 1 is 1.18 bits per heavy atom. The second-order valence-corrected chi connectivity index (χ2v) is 2.48. The molecule has 0 aromatic rings. The molecule has 72 valence electrons. The summed E-state index contributed by atoms with van der Waals surface area (Å²) in [5, 5.41) is 0. The number of halogens is 2. The molecule has 11 heavy (non-hydrogen) atoms. The molecule has 0 saturated carbocycles. The van der Waals surface area contributed by atoms with Gasteiger partial charge in [-0.2, -0.15) is 0 Å². The first-order valence-electron chi connectivity index (χ1n) is 3.77. The maximum Gasteiger partial charge on any atom is 0.00391 e. The predicted octanol–water partition coefficient (Wildman–Crippen LogP) is 1.70. The minimum absolute atomic E-state index is 0. The highest BCUT2D eigenvalue weighted by Gasteiger charge is 1.97. The zero-order valence-electron chi connectivity index (χ0n) is 7.08. The van der Waals surface area contributed by atoms with E-state index in [1.165, 1.54) is 6.42 Å². The molecule has 1 atom stereocenters. The van der Waals surface area contributed by atoms with E-state index >= 15 is 0 Å². The molecule has 4 N–H and O–H groups in total. The Hall–Kier alpha value is 0.500. The largest absolute Gasteiger partial charge is 0.330 e. The number of nitrogens with two attached hydrogens (primary N) is 2.